The number of carbonyl (C=O) groups excluding carboxylic acids is 1. The van der Waals surface area contributed by atoms with Crippen LogP contribution >= 0.6 is 11.3 Å². The largest absolute Gasteiger partial charge is 0.390 e. The van der Waals surface area contributed by atoms with Crippen molar-refractivity contribution in [3.05, 3.63) is 41.5 Å². The number of anilines is 1. The second-order valence-electron chi connectivity index (χ2n) is 5.54. The Morgan fingerprint density at radius 1 is 1.29 bits per heavy atom. The van der Waals surface area contributed by atoms with E-state index in [1.807, 2.05) is 44.3 Å². The van der Waals surface area contributed by atoms with E-state index in [0.717, 1.165) is 29.0 Å². The first-order valence-corrected chi connectivity index (χ1v) is 8.77. The molecule has 1 aromatic heterocycles. The fourth-order valence-electron chi connectivity index (χ4n) is 2.45. The zero-order valence-electron chi connectivity index (χ0n) is 14.3. The van der Waals surface area contributed by atoms with Crippen LogP contribution in [0.2, 0.25) is 0 Å². The summed E-state index contributed by atoms with van der Waals surface area (Å²) in [5, 5.41) is 6.44. The van der Waals surface area contributed by atoms with Gasteiger partial charge in [-0.2, -0.15) is 0 Å². The molecule has 1 aromatic carbocycles. The molecule has 24 heavy (non-hydrogen) atoms. The van der Waals surface area contributed by atoms with Crippen LogP contribution < -0.4 is 16.4 Å². The second-order valence-corrected chi connectivity index (χ2v) is 6.59. The third-order valence-corrected chi connectivity index (χ3v) is 4.84. The van der Waals surface area contributed by atoms with Crippen molar-refractivity contribution in [1.82, 2.24) is 10.6 Å². The lowest BCUT2D eigenvalue weighted by Crippen LogP contribution is -2.29. The summed E-state index contributed by atoms with van der Waals surface area (Å²) >= 11 is 1.44. The van der Waals surface area contributed by atoms with Crippen LogP contribution in [-0.2, 0) is 0 Å². The van der Waals surface area contributed by atoms with Crippen molar-refractivity contribution in [1.29, 1.82) is 0 Å². The number of rotatable bonds is 6. The number of amidine groups is 1. The molecule has 0 spiro atoms. The lowest BCUT2D eigenvalue weighted by atomic mass is 10.1. The first kappa shape index (κ1) is 18.2. The van der Waals surface area contributed by atoms with Gasteiger partial charge in [0.05, 0.1) is 16.4 Å². The maximum atomic E-state index is 12.6. The van der Waals surface area contributed by atoms with Crippen LogP contribution in [0.4, 0.5) is 5.00 Å². The zero-order chi connectivity index (χ0) is 17.5. The molecule has 0 aliphatic rings. The van der Waals surface area contributed by atoms with Gasteiger partial charge in [0, 0.05) is 11.4 Å². The highest BCUT2D eigenvalue weighted by molar-refractivity contribution is 7.19. The van der Waals surface area contributed by atoms with E-state index in [-0.39, 0.29) is 5.91 Å². The maximum absolute atomic E-state index is 12.6. The lowest BCUT2D eigenvalue weighted by molar-refractivity contribution is 0.0977. The van der Waals surface area contributed by atoms with E-state index in [2.05, 4.69) is 15.6 Å². The number of benzene rings is 1. The molecule has 1 amide bonds. The minimum Gasteiger partial charge on any atom is -0.390 e. The van der Waals surface area contributed by atoms with E-state index in [4.69, 9.17) is 5.73 Å². The Labute approximate surface area is 147 Å². The van der Waals surface area contributed by atoms with Crippen LogP contribution in [0.3, 0.4) is 0 Å². The standard InChI is InChI=1S/C18H24N4OS/c1-12-15(18(23)22-13(2)21-11-7-10-20-3)17(19)24-16(12)14-8-5-4-6-9-14/h4-6,8-9,20H,7,10-11,19H2,1-3H3,(H,21,22,23). The summed E-state index contributed by atoms with van der Waals surface area (Å²) in [5.74, 6) is 0.417. The predicted molar refractivity (Wildman–Crippen MR) is 103 cm³/mol. The third kappa shape index (κ3) is 4.43. The van der Waals surface area contributed by atoms with E-state index < -0.39 is 0 Å². The quantitative estimate of drug-likeness (QED) is 0.428. The molecular formula is C18H24N4OS. The van der Waals surface area contributed by atoms with Gasteiger partial charge in [0.25, 0.3) is 5.91 Å². The Morgan fingerprint density at radius 2 is 2.00 bits per heavy atom. The molecule has 1 heterocycles. The second kappa shape index (κ2) is 8.61. The van der Waals surface area contributed by atoms with Crippen molar-refractivity contribution in [3.63, 3.8) is 0 Å². The first-order chi connectivity index (χ1) is 11.5. The molecular weight excluding hydrogens is 320 g/mol. The van der Waals surface area contributed by atoms with E-state index >= 15 is 0 Å². The van der Waals surface area contributed by atoms with Crippen LogP contribution in [0, 0.1) is 6.92 Å². The van der Waals surface area contributed by atoms with Gasteiger partial charge in [-0.3, -0.25) is 9.79 Å². The Hall–Kier alpha value is -2.18. The van der Waals surface area contributed by atoms with Crippen LogP contribution in [0.25, 0.3) is 10.4 Å². The number of nitrogens with one attached hydrogen (secondary N) is 2. The van der Waals surface area contributed by atoms with Gasteiger partial charge in [0.1, 0.15) is 0 Å². The Morgan fingerprint density at radius 3 is 2.67 bits per heavy atom. The molecule has 4 N–H and O–H groups in total. The maximum Gasteiger partial charge on any atom is 0.259 e. The summed E-state index contributed by atoms with van der Waals surface area (Å²) in [4.78, 5) is 17.9. The van der Waals surface area contributed by atoms with E-state index in [1.54, 1.807) is 6.92 Å². The Balaban J connectivity index is 2.14. The number of nitrogen functional groups attached to an aromatic ring is 1. The Kier molecular flexibility index (Phi) is 6.52. The molecule has 0 saturated heterocycles. The number of aliphatic imine (C=N–C) groups is 1. The number of hydrogen-bond donors (Lipinski definition) is 3. The minimum absolute atomic E-state index is 0.196. The van der Waals surface area contributed by atoms with E-state index in [9.17, 15) is 4.79 Å². The Bertz CT molecular complexity index is 722. The van der Waals surface area contributed by atoms with Crippen LogP contribution in [0.15, 0.2) is 35.3 Å². The van der Waals surface area contributed by atoms with Gasteiger partial charge in [-0.25, -0.2) is 0 Å². The third-order valence-electron chi connectivity index (χ3n) is 3.67. The summed E-state index contributed by atoms with van der Waals surface area (Å²) in [7, 11) is 1.91. The van der Waals surface area contributed by atoms with Gasteiger partial charge in [-0.1, -0.05) is 30.3 Å². The number of carbonyl (C=O) groups is 1. The SMILES string of the molecule is CNCCCN=C(C)NC(=O)c1c(N)sc(-c2ccccc2)c1C. The number of amides is 1. The molecule has 2 rings (SSSR count). The van der Waals surface area contributed by atoms with Gasteiger partial charge in [0.2, 0.25) is 0 Å². The summed E-state index contributed by atoms with van der Waals surface area (Å²) in [5.41, 5.74) is 8.63. The molecule has 0 aliphatic heterocycles. The van der Waals surface area contributed by atoms with Gasteiger partial charge >= 0.3 is 0 Å². The average molecular weight is 344 g/mol. The number of thiophene rings is 1. The van der Waals surface area contributed by atoms with Crippen LogP contribution in [-0.4, -0.2) is 31.9 Å². The van der Waals surface area contributed by atoms with E-state index in [0.29, 0.717) is 22.9 Å². The molecule has 0 radical (unpaired) electrons. The number of nitrogens with two attached hydrogens (primary N) is 1. The molecule has 0 saturated carbocycles. The van der Waals surface area contributed by atoms with E-state index in [1.165, 1.54) is 11.3 Å². The summed E-state index contributed by atoms with van der Waals surface area (Å²) in [6.45, 7) is 5.32. The number of nitrogens with zero attached hydrogens (tertiary/aromatic N) is 1. The van der Waals surface area contributed by atoms with Crippen LogP contribution in [0.5, 0.6) is 0 Å². The van der Waals surface area contributed by atoms with Gasteiger partial charge in [-0.05, 0) is 45.0 Å². The minimum atomic E-state index is -0.196. The highest BCUT2D eigenvalue weighted by atomic mass is 32.1. The van der Waals surface area contributed by atoms with Crippen molar-refractivity contribution in [2.45, 2.75) is 20.3 Å². The van der Waals surface area contributed by atoms with Crippen molar-refractivity contribution in [3.8, 4) is 10.4 Å². The van der Waals surface area contributed by atoms with Gasteiger partial charge in [0.15, 0.2) is 0 Å². The highest BCUT2D eigenvalue weighted by Gasteiger charge is 2.20. The predicted octanol–water partition coefficient (Wildman–Crippen LogP) is 3.06. The van der Waals surface area contributed by atoms with Crippen molar-refractivity contribution in [2.24, 2.45) is 4.99 Å². The number of hydrogen-bond acceptors (Lipinski definition) is 5. The van der Waals surface area contributed by atoms with Crippen LogP contribution in [0.1, 0.15) is 29.3 Å². The molecule has 0 fully saturated rings. The van der Waals surface area contributed by atoms with Gasteiger partial charge < -0.3 is 16.4 Å². The molecule has 2 aromatic rings. The fourth-order valence-corrected chi connectivity index (χ4v) is 3.53. The topological polar surface area (TPSA) is 79.5 Å². The summed E-state index contributed by atoms with van der Waals surface area (Å²) in [6.07, 6.45) is 0.932. The molecule has 0 atom stereocenters. The van der Waals surface area contributed by atoms with Crippen molar-refractivity contribution >= 4 is 28.1 Å². The summed E-state index contributed by atoms with van der Waals surface area (Å²) < 4.78 is 0. The molecule has 0 unspecified atom stereocenters. The van der Waals surface area contributed by atoms with Crippen molar-refractivity contribution < 1.29 is 4.79 Å². The normalized spacial score (nSPS) is 11.5. The summed E-state index contributed by atoms with van der Waals surface area (Å²) in [6, 6.07) is 9.97. The van der Waals surface area contributed by atoms with Gasteiger partial charge in [-0.15, -0.1) is 11.3 Å². The molecule has 0 bridgehead atoms. The molecule has 0 aliphatic carbocycles. The zero-order valence-corrected chi connectivity index (χ0v) is 15.2. The smallest absolute Gasteiger partial charge is 0.259 e. The monoisotopic (exact) mass is 344 g/mol. The highest BCUT2D eigenvalue weighted by Crippen LogP contribution is 2.37. The lowest BCUT2D eigenvalue weighted by Gasteiger charge is -2.06. The first-order valence-electron chi connectivity index (χ1n) is 7.96. The van der Waals surface area contributed by atoms with Crippen molar-refractivity contribution in [2.75, 3.05) is 25.9 Å². The fraction of sp³-hybridized carbons (Fsp3) is 0.333. The molecule has 5 nitrogen and oxygen atoms in total. The molecule has 6 heteroatoms. The molecule has 128 valence electrons. The average Bonchev–Trinajstić information content (AvgIpc) is 2.87.